The summed E-state index contributed by atoms with van der Waals surface area (Å²) >= 11 is 0. The van der Waals surface area contributed by atoms with Gasteiger partial charge in [0, 0.05) is 17.8 Å². The highest BCUT2D eigenvalue weighted by Gasteiger charge is 2.57. The van der Waals surface area contributed by atoms with Gasteiger partial charge in [0.1, 0.15) is 0 Å². The van der Waals surface area contributed by atoms with Crippen LogP contribution in [-0.2, 0) is 9.16 Å². The maximum atomic E-state index is 10.2. The summed E-state index contributed by atoms with van der Waals surface area (Å²) < 4.78 is 12.3. The standard InChI is InChI=1S/C16H30O3Si/c1-10-11(19-20(7,8)15(2,3)4)9-12-16(5,6)13(10)14(17)18-12/h11-14,17H,1,9H2,2-8H3/t11-,12+,13+,14?/m0/s1. The Balaban J connectivity index is 2.20. The molecule has 1 N–H and O–H groups in total. The molecule has 20 heavy (non-hydrogen) atoms. The van der Waals surface area contributed by atoms with Gasteiger partial charge in [-0.15, -0.1) is 0 Å². The van der Waals surface area contributed by atoms with E-state index in [9.17, 15) is 5.11 Å². The molecule has 1 saturated carbocycles. The van der Waals surface area contributed by atoms with Gasteiger partial charge in [-0.05, 0) is 23.7 Å². The first-order chi connectivity index (χ1) is 8.88. The molecule has 2 aliphatic rings. The lowest BCUT2D eigenvalue weighted by atomic mass is 9.66. The number of hydrogen-bond acceptors (Lipinski definition) is 3. The van der Waals surface area contributed by atoms with E-state index in [1.165, 1.54) is 0 Å². The molecular weight excluding hydrogens is 268 g/mol. The molecule has 0 aromatic rings. The van der Waals surface area contributed by atoms with E-state index in [4.69, 9.17) is 9.16 Å². The number of aliphatic hydroxyl groups is 1. The fourth-order valence-corrected chi connectivity index (χ4v) is 4.52. The van der Waals surface area contributed by atoms with Crippen LogP contribution in [0.2, 0.25) is 18.1 Å². The monoisotopic (exact) mass is 298 g/mol. The van der Waals surface area contributed by atoms with E-state index < -0.39 is 14.6 Å². The Labute approximate surface area is 124 Å². The molecule has 2 rings (SSSR count). The van der Waals surface area contributed by atoms with E-state index >= 15 is 0 Å². The van der Waals surface area contributed by atoms with Crippen LogP contribution in [0.15, 0.2) is 12.2 Å². The summed E-state index contributed by atoms with van der Waals surface area (Å²) in [5.74, 6) is -0.0176. The highest BCUT2D eigenvalue weighted by atomic mass is 28.4. The van der Waals surface area contributed by atoms with E-state index in [2.05, 4.69) is 54.3 Å². The van der Waals surface area contributed by atoms with Crippen LogP contribution in [0, 0.1) is 11.3 Å². The first-order valence-corrected chi connectivity index (χ1v) is 10.5. The average Bonchev–Trinajstić information content (AvgIpc) is 2.36. The zero-order valence-corrected chi connectivity index (χ0v) is 15.0. The molecule has 1 saturated heterocycles. The van der Waals surface area contributed by atoms with Crippen molar-refractivity contribution in [3.63, 3.8) is 0 Å². The molecule has 0 aromatic carbocycles. The summed E-state index contributed by atoms with van der Waals surface area (Å²) in [5, 5.41) is 10.3. The third-order valence-corrected chi connectivity index (χ3v) is 10.2. The van der Waals surface area contributed by atoms with Gasteiger partial charge in [-0.1, -0.05) is 41.2 Å². The minimum Gasteiger partial charge on any atom is -0.410 e. The van der Waals surface area contributed by atoms with Crippen LogP contribution in [0.1, 0.15) is 41.0 Å². The Kier molecular flexibility index (Phi) is 3.78. The Morgan fingerprint density at radius 2 is 1.90 bits per heavy atom. The van der Waals surface area contributed by atoms with Crippen molar-refractivity contribution in [3.05, 3.63) is 12.2 Å². The third kappa shape index (κ3) is 2.41. The van der Waals surface area contributed by atoms with Gasteiger partial charge in [0.05, 0.1) is 12.2 Å². The smallest absolute Gasteiger partial charge is 0.192 e. The summed E-state index contributed by atoms with van der Waals surface area (Å²) in [6.45, 7) is 19.8. The zero-order valence-electron chi connectivity index (χ0n) is 14.0. The van der Waals surface area contributed by atoms with Crippen LogP contribution in [0.5, 0.6) is 0 Å². The van der Waals surface area contributed by atoms with Gasteiger partial charge >= 0.3 is 0 Å². The molecule has 2 bridgehead atoms. The van der Waals surface area contributed by atoms with Crippen molar-refractivity contribution in [1.29, 1.82) is 0 Å². The van der Waals surface area contributed by atoms with Crippen molar-refractivity contribution in [1.82, 2.24) is 0 Å². The maximum absolute atomic E-state index is 10.2. The molecule has 2 fully saturated rings. The Morgan fingerprint density at radius 3 is 2.40 bits per heavy atom. The predicted molar refractivity (Wildman–Crippen MR) is 84.0 cm³/mol. The third-order valence-electron chi connectivity index (χ3n) is 5.70. The number of rotatable bonds is 2. The number of aliphatic hydroxyl groups excluding tert-OH is 1. The lowest BCUT2D eigenvalue weighted by Crippen LogP contribution is -2.50. The molecule has 0 radical (unpaired) electrons. The van der Waals surface area contributed by atoms with Gasteiger partial charge in [-0.25, -0.2) is 0 Å². The largest absolute Gasteiger partial charge is 0.410 e. The Morgan fingerprint density at radius 1 is 1.35 bits per heavy atom. The second kappa shape index (κ2) is 4.67. The molecule has 4 atom stereocenters. The van der Waals surface area contributed by atoms with Crippen LogP contribution in [0.25, 0.3) is 0 Å². The second-order valence-electron chi connectivity index (χ2n) is 8.49. The van der Waals surface area contributed by atoms with Gasteiger partial charge in [0.2, 0.25) is 0 Å². The van der Waals surface area contributed by atoms with Crippen LogP contribution < -0.4 is 0 Å². The van der Waals surface area contributed by atoms with Crippen molar-refractivity contribution in [2.45, 2.75) is 77.7 Å². The van der Waals surface area contributed by atoms with Crippen LogP contribution >= 0.6 is 0 Å². The molecule has 1 aliphatic carbocycles. The summed E-state index contributed by atoms with van der Waals surface area (Å²) in [7, 11) is -1.83. The minimum absolute atomic E-state index is 0.0176. The summed E-state index contributed by atoms with van der Waals surface area (Å²) in [5.41, 5.74) is 0.963. The highest BCUT2D eigenvalue weighted by molar-refractivity contribution is 6.74. The van der Waals surface area contributed by atoms with Gasteiger partial charge in [-0.2, -0.15) is 0 Å². The fraction of sp³-hybridized carbons (Fsp3) is 0.875. The topological polar surface area (TPSA) is 38.7 Å². The first-order valence-electron chi connectivity index (χ1n) is 7.58. The van der Waals surface area contributed by atoms with Crippen LogP contribution in [0.3, 0.4) is 0 Å². The van der Waals surface area contributed by atoms with Gasteiger partial charge < -0.3 is 14.3 Å². The molecule has 1 unspecified atom stereocenters. The lowest BCUT2D eigenvalue weighted by Gasteiger charge is -2.46. The SMILES string of the molecule is C=C1[C@@H](O[Si](C)(C)C(C)(C)C)C[C@H]2OC(O)[C@@H]1C2(C)C. The van der Waals surface area contributed by atoms with Gasteiger partial charge in [-0.3, -0.25) is 0 Å². The quantitative estimate of drug-likeness (QED) is 0.624. The van der Waals surface area contributed by atoms with E-state index in [1.807, 2.05) is 0 Å². The lowest BCUT2D eigenvalue weighted by molar-refractivity contribution is -0.101. The number of hydrogen-bond donors (Lipinski definition) is 1. The van der Waals surface area contributed by atoms with Crippen molar-refractivity contribution < 1.29 is 14.3 Å². The van der Waals surface area contributed by atoms with Crippen LogP contribution in [-0.4, -0.2) is 31.9 Å². The van der Waals surface area contributed by atoms with Gasteiger partial charge in [0.15, 0.2) is 14.6 Å². The van der Waals surface area contributed by atoms with Crippen molar-refractivity contribution in [2.75, 3.05) is 0 Å². The Hall–Kier alpha value is -0.163. The maximum Gasteiger partial charge on any atom is 0.192 e. The van der Waals surface area contributed by atoms with E-state index in [1.54, 1.807) is 0 Å². The number of fused-ring (bicyclic) bond motifs is 2. The fourth-order valence-electron chi connectivity index (χ4n) is 3.21. The van der Waals surface area contributed by atoms with E-state index in [0.29, 0.717) is 0 Å². The predicted octanol–water partition coefficient (Wildman–Crippen LogP) is 3.70. The summed E-state index contributed by atoms with van der Waals surface area (Å²) in [6.07, 6.45) is 0.167. The van der Waals surface area contributed by atoms with Gasteiger partial charge in [0.25, 0.3) is 0 Å². The molecule has 0 aromatic heterocycles. The molecule has 3 nitrogen and oxygen atoms in total. The van der Waals surface area contributed by atoms with Crippen molar-refractivity contribution in [2.24, 2.45) is 11.3 Å². The van der Waals surface area contributed by atoms with Crippen LogP contribution in [0.4, 0.5) is 0 Å². The number of ether oxygens (including phenoxy) is 1. The Bertz CT molecular complexity index is 408. The average molecular weight is 298 g/mol. The van der Waals surface area contributed by atoms with E-state index in [-0.39, 0.29) is 28.6 Å². The second-order valence-corrected chi connectivity index (χ2v) is 13.2. The molecule has 1 aliphatic heterocycles. The highest BCUT2D eigenvalue weighted by Crippen LogP contribution is 2.54. The summed E-state index contributed by atoms with van der Waals surface area (Å²) in [6, 6.07) is 0. The molecule has 4 heteroatoms. The molecular formula is C16H30O3Si. The minimum atomic E-state index is -1.83. The first kappa shape index (κ1) is 16.2. The molecule has 0 amide bonds. The molecule has 0 spiro atoms. The van der Waals surface area contributed by atoms with Crippen molar-refractivity contribution >= 4 is 8.32 Å². The zero-order chi connectivity index (χ0) is 15.5. The normalized spacial score (nSPS) is 37.3. The summed E-state index contributed by atoms with van der Waals surface area (Å²) in [4.78, 5) is 0. The molecule has 116 valence electrons. The molecule has 1 heterocycles. The van der Waals surface area contributed by atoms with Crippen molar-refractivity contribution in [3.8, 4) is 0 Å². The van der Waals surface area contributed by atoms with E-state index in [0.717, 1.165) is 12.0 Å².